The number of halogens is 1. The van der Waals surface area contributed by atoms with Gasteiger partial charge in [0.1, 0.15) is 11.3 Å². The van der Waals surface area contributed by atoms with Crippen LogP contribution in [0.4, 0.5) is 0 Å². The Balaban J connectivity index is 2.09. The highest BCUT2D eigenvalue weighted by molar-refractivity contribution is 7.07. The number of aryl methyl sites for hydroxylation is 1. The van der Waals surface area contributed by atoms with Crippen molar-refractivity contribution in [2.24, 2.45) is 0 Å². The van der Waals surface area contributed by atoms with Crippen LogP contribution in [-0.4, -0.2) is 25.4 Å². The lowest BCUT2D eigenvalue weighted by atomic mass is 10.3. The van der Waals surface area contributed by atoms with Crippen molar-refractivity contribution in [2.45, 2.75) is 13.0 Å². The number of hydrogen-bond acceptors (Lipinski definition) is 4. The predicted octanol–water partition coefficient (Wildman–Crippen LogP) is 2.72. The quantitative estimate of drug-likeness (QED) is 0.689. The van der Waals surface area contributed by atoms with E-state index in [1.165, 1.54) is 0 Å². The summed E-state index contributed by atoms with van der Waals surface area (Å²) in [5.74, 6) is 1.55. The number of hydrogen-bond donors (Lipinski definition) is 0. The number of aromatic nitrogens is 4. The summed E-state index contributed by atoms with van der Waals surface area (Å²) in [6.45, 7) is 0.732. The van der Waals surface area contributed by atoms with Crippen LogP contribution >= 0.6 is 22.9 Å². The Hall–Kier alpha value is -1.46. The molecule has 18 heavy (non-hydrogen) atoms. The first-order chi connectivity index (χ1) is 8.88. The van der Waals surface area contributed by atoms with Crippen molar-refractivity contribution in [3.05, 3.63) is 40.9 Å². The summed E-state index contributed by atoms with van der Waals surface area (Å²) in [5.41, 5.74) is 4.88. The number of fused-ring (bicyclic) bond motifs is 1. The Morgan fingerprint density at radius 2 is 2.33 bits per heavy atom. The van der Waals surface area contributed by atoms with Crippen LogP contribution in [0.15, 0.2) is 29.4 Å². The van der Waals surface area contributed by atoms with E-state index in [0.717, 1.165) is 35.5 Å². The molecule has 0 atom stereocenters. The Morgan fingerprint density at radius 1 is 1.39 bits per heavy atom. The first-order valence-corrected chi connectivity index (χ1v) is 7.08. The standard InChI is InChI=1S/C12H11ClN4S/c13-3-1-12-16-10-5-14-4-2-11(10)17(12)6-9-7-18-8-15-9/h2,4-5,7-8H,1,3,6H2. The minimum absolute atomic E-state index is 0.563. The third-order valence-corrected chi connectivity index (χ3v) is 3.58. The summed E-state index contributed by atoms with van der Waals surface area (Å²) in [7, 11) is 0. The van der Waals surface area contributed by atoms with E-state index in [1.54, 1.807) is 23.7 Å². The molecule has 4 nitrogen and oxygen atoms in total. The summed E-state index contributed by atoms with van der Waals surface area (Å²) >= 11 is 7.44. The van der Waals surface area contributed by atoms with Gasteiger partial charge in [0.2, 0.25) is 0 Å². The molecule has 0 aliphatic heterocycles. The van der Waals surface area contributed by atoms with Gasteiger partial charge in [0.25, 0.3) is 0 Å². The third kappa shape index (κ3) is 2.11. The van der Waals surface area contributed by atoms with Gasteiger partial charge in [-0.1, -0.05) is 0 Å². The van der Waals surface area contributed by atoms with Crippen molar-refractivity contribution in [1.82, 2.24) is 19.5 Å². The van der Waals surface area contributed by atoms with Crippen LogP contribution < -0.4 is 0 Å². The van der Waals surface area contributed by atoms with Gasteiger partial charge >= 0.3 is 0 Å². The van der Waals surface area contributed by atoms with Gasteiger partial charge < -0.3 is 4.57 Å². The van der Waals surface area contributed by atoms with Crippen LogP contribution in [0.5, 0.6) is 0 Å². The highest BCUT2D eigenvalue weighted by Gasteiger charge is 2.11. The molecule has 0 aliphatic rings. The van der Waals surface area contributed by atoms with E-state index in [4.69, 9.17) is 11.6 Å². The smallest absolute Gasteiger partial charge is 0.111 e. The summed E-state index contributed by atoms with van der Waals surface area (Å²) < 4.78 is 2.16. The van der Waals surface area contributed by atoms with E-state index in [-0.39, 0.29) is 0 Å². The zero-order chi connectivity index (χ0) is 12.4. The zero-order valence-electron chi connectivity index (χ0n) is 9.58. The van der Waals surface area contributed by atoms with Gasteiger partial charge in [-0.3, -0.25) is 4.98 Å². The van der Waals surface area contributed by atoms with Crippen molar-refractivity contribution >= 4 is 34.0 Å². The first-order valence-electron chi connectivity index (χ1n) is 5.60. The second-order valence-corrected chi connectivity index (χ2v) is 4.99. The lowest BCUT2D eigenvalue weighted by molar-refractivity contribution is 0.741. The van der Waals surface area contributed by atoms with Crippen molar-refractivity contribution in [2.75, 3.05) is 5.88 Å². The van der Waals surface area contributed by atoms with Gasteiger partial charge in [-0.2, -0.15) is 0 Å². The molecule has 0 saturated heterocycles. The van der Waals surface area contributed by atoms with E-state index >= 15 is 0 Å². The maximum atomic E-state index is 5.83. The fourth-order valence-corrected chi connectivity index (χ4v) is 2.68. The van der Waals surface area contributed by atoms with E-state index in [0.29, 0.717) is 5.88 Å². The largest absolute Gasteiger partial charge is 0.322 e. The molecule has 6 heteroatoms. The second-order valence-electron chi connectivity index (χ2n) is 3.90. The molecule has 0 fully saturated rings. The van der Waals surface area contributed by atoms with E-state index in [2.05, 4.69) is 24.9 Å². The summed E-state index contributed by atoms with van der Waals surface area (Å²) in [6, 6.07) is 1.98. The fraction of sp³-hybridized carbons (Fsp3) is 0.250. The molecule has 0 N–H and O–H groups in total. The molecular formula is C12H11ClN4S. The maximum absolute atomic E-state index is 5.83. The molecular weight excluding hydrogens is 268 g/mol. The number of rotatable bonds is 4. The average molecular weight is 279 g/mol. The summed E-state index contributed by atoms with van der Waals surface area (Å²) in [6.07, 6.45) is 4.32. The third-order valence-electron chi connectivity index (χ3n) is 2.75. The Bertz CT molecular complexity index is 647. The number of thiazole rings is 1. The molecule has 0 saturated carbocycles. The van der Waals surface area contributed by atoms with E-state index < -0.39 is 0 Å². The molecule has 3 rings (SSSR count). The number of imidazole rings is 1. The number of nitrogens with zero attached hydrogens (tertiary/aromatic N) is 4. The molecule has 0 aliphatic carbocycles. The number of pyridine rings is 1. The van der Waals surface area contributed by atoms with Gasteiger partial charge in [0.15, 0.2) is 0 Å². The molecule has 92 valence electrons. The van der Waals surface area contributed by atoms with Gasteiger partial charge in [0, 0.05) is 23.9 Å². The van der Waals surface area contributed by atoms with Crippen LogP contribution in [0.2, 0.25) is 0 Å². The lowest BCUT2D eigenvalue weighted by Gasteiger charge is -2.06. The molecule has 3 aromatic rings. The Morgan fingerprint density at radius 3 is 3.11 bits per heavy atom. The molecule has 0 bridgehead atoms. The molecule has 0 spiro atoms. The minimum Gasteiger partial charge on any atom is -0.322 e. The van der Waals surface area contributed by atoms with Gasteiger partial charge in [0.05, 0.1) is 29.5 Å². The highest BCUT2D eigenvalue weighted by Crippen LogP contribution is 2.17. The van der Waals surface area contributed by atoms with E-state index in [9.17, 15) is 0 Å². The molecule has 0 aromatic carbocycles. The Kier molecular flexibility index (Phi) is 3.25. The second kappa shape index (κ2) is 5.04. The molecule has 0 radical (unpaired) electrons. The minimum atomic E-state index is 0.563. The maximum Gasteiger partial charge on any atom is 0.111 e. The zero-order valence-corrected chi connectivity index (χ0v) is 11.2. The predicted molar refractivity (Wildman–Crippen MR) is 73.2 cm³/mol. The van der Waals surface area contributed by atoms with Crippen LogP contribution in [0.1, 0.15) is 11.5 Å². The first kappa shape index (κ1) is 11.6. The van der Waals surface area contributed by atoms with E-state index in [1.807, 2.05) is 11.6 Å². The SMILES string of the molecule is ClCCc1nc2cnccc2n1Cc1cscn1. The molecule has 0 unspecified atom stereocenters. The van der Waals surface area contributed by atoms with Crippen LogP contribution in [-0.2, 0) is 13.0 Å². The summed E-state index contributed by atoms with van der Waals surface area (Å²) in [4.78, 5) is 13.0. The molecule has 3 heterocycles. The Labute approximate surface area is 113 Å². The van der Waals surface area contributed by atoms with Gasteiger partial charge in [-0.15, -0.1) is 22.9 Å². The van der Waals surface area contributed by atoms with Crippen molar-refractivity contribution in [1.29, 1.82) is 0 Å². The average Bonchev–Trinajstić information content (AvgIpc) is 3.00. The van der Waals surface area contributed by atoms with Crippen molar-refractivity contribution in [3.8, 4) is 0 Å². The van der Waals surface area contributed by atoms with Crippen LogP contribution in [0, 0.1) is 0 Å². The van der Waals surface area contributed by atoms with Crippen LogP contribution in [0.25, 0.3) is 11.0 Å². The monoisotopic (exact) mass is 278 g/mol. The normalized spacial score (nSPS) is 11.2. The van der Waals surface area contributed by atoms with Crippen LogP contribution in [0.3, 0.4) is 0 Å². The molecule has 0 amide bonds. The number of alkyl halides is 1. The fourth-order valence-electron chi connectivity index (χ4n) is 1.96. The van der Waals surface area contributed by atoms with Crippen molar-refractivity contribution in [3.63, 3.8) is 0 Å². The van der Waals surface area contributed by atoms with Gasteiger partial charge in [-0.25, -0.2) is 9.97 Å². The lowest BCUT2D eigenvalue weighted by Crippen LogP contribution is -2.06. The molecule has 3 aromatic heterocycles. The topological polar surface area (TPSA) is 43.6 Å². The highest BCUT2D eigenvalue weighted by atomic mass is 35.5. The summed E-state index contributed by atoms with van der Waals surface area (Å²) in [5, 5.41) is 2.05. The van der Waals surface area contributed by atoms with Crippen molar-refractivity contribution < 1.29 is 0 Å². The van der Waals surface area contributed by atoms with Gasteiger partial charge in [-0.05, 0) is 6.07 Å².